The van der Waals surface area contributed by atoms with Gasteiger partial charge in [0.25, 0.3) is 0 Å². The highest BCUT2D eigenvalue weighted by Gasteiger charge is 2.30. The number of nitrogens with zero attached hydrogens (tertiary/aromatic N) is 2. The fraction of sp³-hybridized carbons (Fsp3) is 0.824. The highest BCUT2D eigenvalue weighted by molar-refractivity contribution is 7.15. The molecule has 1 saturated carbocycles. The lowest BCUT2D eigenvalue weighted by atomic mass is 10.2. The van der Waals surface area contributed by atoms with Crippen molar-refractivity contribution in [1.82, 2.24) is 10.3 Å². The van der Waals surface area contributed by atoms with Gasteiger partial charge in [0.15, 0.2) is 5.13 Å². The first kappa shape index (κ1) is 16.8. The first-order valence-electron chi connectivity index (χ1n) is 8.49. The number of nitrogens with one attached hydrogen (secondary N) is 1. The number of thiazole rings is 1. The van der Waals surface area contributed by atoms with Crippen molar-refractivity contribution in [3.63, 3.8) is 0 Å². The summed E-state index contributed by atoms with van der Waals surface area (Å²) in [5.74, 6) is 1.41. The Balaban J connectivity index is 2.16. The van der Waals surface area contributed by atoms with Gasteiger partial charge >= 0.3 is 0 Å². The summed E-state index contributed by atoms with van der Waals surface area (Å²) in [5, 5.41) is 4.78. The van der Waals surface area contributed by atoms with Crippen molar-refractivity contribution in [3.05, 3.63) is 10.6 Å². The van der Waals surface area contributed by atoms with Crippen molar-refractivity contribution in [2.75, 3.05) is 18.0 Å². The number of hydrogen-bond donors (Lipinski definition) is 1. The summed E-state index contributed by atoms with van der Waals surface area (Å²) in [5.41, 5.74) is 1.38. The first-order valence-corrected chi connectivity index (χ1v) is 9.31. The molecule has 1 fully saturated rings. The number of aromatic nitrogens is 1. The molecule has 0 unspecified atom stereocenters. The molecule has 4 heteroatoms. The Morgan fingerprint density at radius 3 is 2.52 bits per heavy atom. The van der Waals surface area contributed by atoms with Gasteiger partial charge in [-0.3, -0.25) is 0 Å². The monoisotopic (exact) mass is 309 g/mol. The Morgan fingerprint density at radius 1 is 1.29 bits per heavy atom. The summed E-state index contributed by atoms with van der Waals surface area (Å²) in [6.07, 6.45) is 3.85. The molecule has 1 N–H and O–H groups in total. The van der Waals surface area contributed by atoms with E-state index in [2.05, 4.69) is 44.8 Å². The lowest BCUT2D eigenvalue weighted by Crippen LogP contribution is -2.34. The maximum atomic E-state index is 5.03. The Kier molecular flexibility index (Phi) is 6.06. The molecule has 0 amide bonds. The van der Waals surface area contributed by atoms with Crippen molar-refractivity contribution in [2.24, 2.45) is 5.92 Å². The maximum absolute atomic E-state index is 5.03. The van der Waals surface area contributed by atoms with E-state index in [1.54, 1.807) is 0 Å². The first-order chi connectivity index (χ1) is 10.0. The van der Waals surface area contributed by atoms with Gasteiger partial charge in [-0.2, -0.15) is 0 Å². The molecule has 21 heavy (non-hydrogen) atoms. The molecule has 1 aliphatic carbocycles. The Labute approximate surface area is 134 Å². The van der Waals surface area contributed by atoms with E-state index in [1.165, 1.54) is 35.0 Å². The molecule has 0 spiro atoms. The third-order valence-corrected chi connectivity index (χ3v) is 4.93. The number of anilines is 1. The van der Waals surface area contributed by atoms with Gasteiger partial charge in [0.2, 0.25) is 0 Å². The Bertz CT molecular complexity index is 435. The quantitative estimate of drug-likeness (QED) is 0.686. The van der Waals surface area contributed by atoms with Crippen LogP contribution in [0.25, 0.3) is 0 Å². The fourth-order valence-corrected chi connectivity index (χ4v) is 3.82. The molecule has 1 aromatic heterocycles. The normalized spacial score (nSPS) is 15.2. The van der Waals surface area contributed by atoms with E-state index >= 15 is 0 Å². The second kappa shape index (κ2) is 7.59. The van der Waals surface area contributed by atoms with Gasteiger partial charge in [-0.15, -0.1) is 11.3 Å². The molecule has 0 radical (unpaired) electrons. The Morgan fingerprint density at radius 2 is 2.00 bits per heavy atom. The molecule has 0 saturated heterocycles. The van der Waals surface area contributed by atoms with E-state index < -0.39 is 0 Å². The largest absolute Gasteiger partial charge is 0.345 e. The molecule has 0 aliphatic heterocycles. The number of rotatable bonds is 9. The van der Waals surface area contributed by atoms with E-state index in [0.717, 1.165) is 25.6 Å². The Hall–Kier alpha value is -0.610. The van der Waals surface area contributed by atoms with Crippen LogP contribution in [0.15, 0.2) is 0 Å². The van der Waals surface area contributed by atoms with Crippen LogP contribution in [-0.2, 0) is 6.54 Å². The predicted molar refractivity (Wildman–Crippen MR) is 93.4 cm³/mol. The van der Waals surface area contributed by atoms with Crippen molar-refractivity contribution in [3.8, 4) is 0 Å². The van der Waals surface area contributed by atoms with E-state index in [-0.39, 0.29) is 0 Å². The molecule has 0 bridgehead atoms. The van der Waals surface area contributed by atoms with Crippen LogP contribution in [0.5, 0.6) is 0 Å². The molecule has 2 rings (SSSR count). The van der Waals surface area contributed by atoms with Crippen molar-refractivity contribution >= 4 is 16.5 Å². The lowest BCUT2D eigenvalue weighted by molar-refractivity contribution is 0.569. The average molecular weight is 310 g/mol. The molecule has 1 heterocycles. The molecule has 0 atom stereocenters. The van der Waals surface area contributed by atoms with Gasteiger partial charge in [0, 0.05) is 29.9 Å². The minimum Gasteiger partial charge on any atom is -0.345 e. The zero-order chi connectivity index (χ0) is 15.4. The standard InChI is InChI=1S/C17H31N3S/c1-6-9-18-10-15-16(14-7-8-14)19-17(21-15)20(13(4)5)11-12(2)3/h12-14,18H,6-11H2,1-5H3. The highest BCUT2D eigenvalue weighted by Crippen LogP contribution is 2.44. The average Bonchev–Trinajstić information content (AvgIpc) is 3.17. The van der Waals surface area contributed by atoms with Crippen molar-refractivity contribution in [1.29, 1.82) is 0 Å². The predicted octanol–water partition coefficient (Wildman–Crippen LogP) is 4.39. The summed E-state index contributed by atoms with van der Waals surface area (Å²) in [6, 6.07) is 0.516. The van der Waals surface area contributed by atoms with E-state index in [1.807, 2.05) is 11.3 Å². The van der Waals surface area contributed by atoms with Crippen LogP contribution in [-0.4, -0.2) is 24.1 Å². The van der Waals surface area contributed by atoms with Gasteiger partial charge < -0.3 is 10.2 Å². The summed E-state index contributed by atoms with van der Waals surface area (Å²) >= 11 is 1.91. The summed E-state index contributed by atoms with van der Waals surface area (Å²) < 4.78 is 0. The van der Waals surface area contributed by atoms with Gasteiger partial charge in [-0.1, -0.05) is 20.8 Å². The second-order valence-electron chi connectivity index (χ2n) is 6.90. The third kappa shape index (κ3) is 4.68. The molecular formula is C17H31N3S. The molecular weight excluding hydrogens is 278 g/mol. The van der Waals surface area contributed by atoms with Crippen LogP contribution in [0.2, 0.25) is 0 Å². The zero-order valence-corrected chi connectivity index (χ0v) is 15.1. The zero-order valence-electron chi connectivity index (χ0n) is 14.3. The second-order valence-corrected chi connectivity index (χ2v) is 7.96. The fourth-order valence-electron chi connectivity index (χ4n) is 2.56. The maximum Gasteiger partial charge on any atom is 0.186 e. The minimum atomic E-state index is 0.516. The topological polar surface area (TPSA) is 28.2 Å². The van der Waals surface area contributed by atoms with Crippen LogP contribution >= 0.6 is 11.3 Å². The van der Waals surface area contributed by atoms with Crippen LogP contribution in [0.3, 0.4) is 0 Å². The smallest absolute Gasteiger partial charge is 0.186 e. The lowest BCUT2D eigenvalue weighted by Gasteiger charge is -2.27. The van der Waals surface area contributed by atoms with E-state index in [9.17, 15) is 0 Å². The molecule has 1 aromatic rings. The third-order valence-electron chi connectivity index (χ3n) is 3.82. The van der Waals surface area contributed by atoms with Crippen LogP contribution in [0.4, 0.5) is 5.13 Å². The van der Waals surface area contributed by atoms with Crippen LogP contribution in [0.1, 0.15) is 70.4 Å². The SMILES string of the molecule is CCCNCc1sc(N(CC(C)C)C(C)C)nc1C1CC1. The van der Waals surface area contributed by atoms with Crippen LogP contribution < -0.4 is 10.2 Å². The van der Waals surface area contributed by atoms with Gasteiger partial charge in [0.05, 0.1) is 5.69 Å². The van der Waals surface area contributed by atoms with E-state index in [0.29, 0.717) is 12.0 Å². The van der Waals surface area contributed by atoms with Gasteiger partial charge in [-0.25, -0.2) is 4.98 Å². The summed E-state index contributed by atoms with van der Waals surface area (Å²) in [6.45, 7) is 14.5. The summed E-state index contributed by atoms with van der Waals surface area (Å²) in [4.78, 5) is 8.97. The highest BCUT2D eigenvalue weighted by atomic mass is 32.1. The van der Waals surface area contributed by atoms with Crippen molar-refractivity contribution in [2.45, 2.75) is 72.4 Å². The van der Waals surface area contributed by atoms with Gasteiger partial charge in [-0.05, 0) is 45.6 Å². The molecule has 1 aliphatic rings. The number of hydrogen-bond acceptors (Lipinski definition) is 4. The molecule has 3 nitrogen and oxygen atoms in total. The van der Waals surface area contributed by atoms with Crippen molar-refractivity contribution < 1.29 is 0 Å². The summed E-state index contributed by atoms with van der Waals surface area (Å²) in [7, 11) is 0. The van der Waals surface area contributed by atoms with Gasteiger partial charge in [0.1, 0.15) is 0 Å². The molecule has 120 valence electrons. The van der Waals surface area contributed by atoms with E-state index in [4.69, 9.17) is 4.98 Å². The molecule has 0 aromatic carbocycles. The minimum absolute atomic E-state index is 0.516. The van der Waals surface area contributed by atoms with Crippen LogP contribution in [0, 0.1) is 5.92 Å².